The molecule has 0 spiro atoms. The van der Waals surface area contributed by atoms with Crippen LogP contribution in [0.4, 0.5) is 0 Å². The predicted molar refractivity (Wildman–Crippen MR) is 63.0 cm³/mol. The van der Waals surface area contributed by atoms with Crippen molar-refractivity contribution in [3.63, 3.8) is 0 Å². The third kappa shape index (κ3) is 2.23. The Kier molecular flexibility index (Phi) is 3.01. The summed E-state index contributed by atoms with van der Waals surface area (Å²) < 4.78 is 0.474. The summed E-state index contributed by atoms with van der Waals surface area (Å²) in [7, 11) is 0. The minimum atomic E-state index is -0.868. The first-order chi connectivity index (χ1) is 8.09. The zero-order valence-electron chi connectivity index (χ0n) is 8.38. The molecule has 1 aromatic carbocycles. The predicted octanol–water partition coefficient (Wildman–Crippen LogP) is 0.383. The van der Waals surface area contributed by atoms with Gasteiger partial charge in [-0.2, -0.15) is 0 Å². The van der Waals surface area contributed by atoms with Crippen LogP contribution in [-0.2, 0) is 0 Å². The van der Waals surface area contributed by atoms with Crippen molar-refractivity contribution in [1.82, 2.24) is 14.8 Å². The van der Waals surface area contributed by atoms with E-state index in [0.29, 0.717) is 10.2 Å². The molecule has 86 valence electrons. The second-order valence-corrected chi connectivity index (χ2v) is 3.88. The van der Waals surface area contributed by atoms with Crippen LogP contribution >= 0.6 is 15.9 Å². The molecule has 1 aromatic heterocycles. The van der Waals surface area contributed by atoms with E-state index in [-0.39, 0.29) is 4.60 Å². The van der Waals surface area contributed by atoms with E-state index in [2.05, 4.69) is 21.0 Å². The fraction of sp³-hybridized carbons (Fsp3) is 0. The monoisotopic (exact) mass is 295 g/mol. The van der Waals surface area contributed by atoms with E-state index in [1.54, 1.807) is 30.3 Å². The summed E-state index contributed by atoms with van der Waals surface area (Å²) in [4.78, 5) is 36.3. The second kappa shape index (κ2) is 4.46. The minimum absolute atomic E-state index is 0.124. The van der Waals surface area contributed by atoms with Crippen LogP contribution in [0, 0.1) is 0 Å². The van der Waals surface area contributed by atoms with Crippen molar-refractivity contribution in [2.75, 3.05) is 0 Å². The van der Waals surface area contributed by atoms with Gasteiger partial charge in [0.05, 0.1) is 0 Å². The van der Waals surface area contributed by atoms with Crippen LogP contribution in [0.2, 0.25) is 0 Å². The maximum atomic E-state index is 11.9. The highest BCUT2D eigenvalue weighted by molar-refractivity contribution is 9.10. The molecule has 0 atom stereocenters. The lowest BCUT2D eigenvalue weighted by atomic mass is 10.2. The van der Waals surface area contributed by atoms with Gasteiger partial charge in [0.1, 0.15) is 0 Å². The molecule has 0 unspecified atom stereocenters. The number of halogens is 1. The summed E-state index contributed by atoms with van der Waals surface area (Å²) in [5.41, 5.74) is -1.24. The van der Waals surface area contributed by atoms with Crippen LogP contribution < -0.4 is 11.2 Å². The van der Waals surface area contributed by atoms with Gasteiger partial charge in [-0.1, -0.05) is 18.2 Å². The van der Waals surface area contributed by atoms with Gasteiger partial charge in [0, 0.05) is 5.56 Å². The lowest BCUT2D eigenvalue weighted by Gasteiger charge is -2.02. The minimum Gasteiger partial charge on any atom is -0.270 e. The Labute approximate surface area is 103 Å². The number of carbonyl (C=O) groups is 1. The molecule has 0 aliphatic carbocycles. The first-order valence-electron chi connectivity index (χ1n) is 4.58. The van der Waals surface area contributed by atoms with Gasteiger partial charge in [0.25, 0.3) is 11.5 Å². The average molecular weight is 296 g/mol. The first kappa shape index (κ1) is 11.5. The molecule has 0 amide bonds. The van der Waals surface area contributed by atoms with Gasteiger partial charge in [0.15, 0.2) is 4.60 Å². The molecular weight excluding hydrogens is 290 g/mol. The summed E-state index contributed by atoms with van der Waals surface area (Å²) in [5.74, 6) is -0.604. The van der Waals surface area contributed by atoms with E-state index in [4.69, 9.17) is 0 Å². The Morgan fingerprint density at radius 3 is 2.53 bits per heavy atom. The molecule has 0 bridgehead atoms. The molecular formula is C10H6BrN3O3. The van der Waals surface area contributed by atoms with Crippen molar-refractivity contribution < 1.29 is 4.79 Å². The summed E-state index contributed by atoms with van der Waals surface area (Å²) in [6, 6.07) is 8.18. The van der Waals surface area contributed by atoms with E-state index < -0.39 is 17.2 Å². The number of H-pyrrole nitrogens is 1. The van der Waals surface area contributed by atoms with Crippen molar-refractivity contribution >= 4 is 21.8 Å². The van der Waals surface area contributed by atoms with Gasteiger partial charge in [-0.15, -0.1) is 9.78 Å². The van der Waals surface area contributed by atoms with Gasteiger partial charge in [-0.25, -0.2) is 4.79 Å². The SMILES string of the molecule is O=C(c1ccccc1)n1nc(Br)c(=O)[nH]c1=O. The van der Waals surface area contributed by atoms with Crippen molar-refractivity contribution in [2.45, 2.75) is 0 Å². The Bertz CT molecular complexity index is 675. The molecule has 0 radical (unpaired) electrons. The number of carbonyl (C=O) groups excluding carboxylic acids is 1. The molecule has 2 aromatic rings. The van der Waals surface area contributed by atoms with E-state index in [1.807, 2.05) is 4.98 Å². The third-order valence-corrected chi connectivity index (χ3v) is 2.52. The maximum Gasteiger partial charge on any atom is 0.352 e. The average Bonchev–Trinajstić information content (AvgIpc) is 2.34. The molecule has 0 aliphatic rings. The quantitative estimate of drug-likeness (QED) is 0.824. The highest BCUT2D eigenvalue weighted by Crippen LogP contribution is 2.00. The number of nitrogens with one attached hydrogen (secondary N) is 1. The topological polar surface area (TPSA) is 84.8 Å². The van der Waals surface area contributed by atoms with E-state index in [9.17, 15) is 14.4 Å². The number of hydrogen-bond acceptors (Lipinski definition) is 4. The van der Waals surface area contributed by atoms with Gasteiger partial charge in [0.2, 0.25) is 0 Å². The van der Waals surface area contributed by atoms with E-state index in [1.165, 1.54) is 0 Å². The second-order valence-electron chi connectivity index (χ2n) is 3.13. The lowest BCUT2D eigenvalue weighted by Crippen LogP contribution is -2.37. The molecule has 0 saturated carbocycles. The Morgan fingerprint density at radius 1 is 1.24 bits per heavy atom. The van der Waals surface area contributed by atoms with Gasteiger partial charge in [-0.05, 0) is 28.1 Å². The van der Waals surface area contributed by atoms with Crippen LogP contribution in [0.1, 0.15) is 10.4 Å². The van der Waals surface area contributed by atoms with Crippen molar-refractivity contribution in [3.8, 4) is 0 Å². The standard InChI is InChI=1S/C10H6BrN3O3/c11-7-8(15)12-10(17)14(13-7)9(16)6-4-2-1-3-5-6/h1-5H,(H,12,15,17). The number of nitrogens with zero attached hydrogens (tertiary/aromatic N) is 2. The Morgan fingerprint density at radius 2 is 1.88 bits per heavy atom. The highest BCUT2D eigenvalue weighted by Gasteiger charge is 2.13. The lowest BCUT2D eigenvalue weighted by molar-refractivity contribution is 0.0935. The first-order valence-corrected chi connectivity index (χ1v) is 5.38. The maximum absolute atomic E-state index is 11.9. The fourth-order valence-corrected chi connectivity index (χ4v) is 1.48. The van der Waals surface area contributed by atoms with Crippen molar-refractivity contribution in [3.05, 3.63) is 61.3 Å². The summed E-state index contributed by atoms with van der Waals surface area (Å²) >= 11 is 2.85. The number of benzene rings is 1. The molecule has 17 heavy (non-hydrogen) atoms. The Hall–Kier alpha value is -2.02. The molecule has 1 heterocycles. The number of hydrogen-bond donors (Lipinski definition) is 1. The molecule has 2 rings (SSSR count). The largest absolute Gasteiger partial charge is 0.352 e. The summed E-state index contributed by atoms with van der Waals surface area (Å²) in [5, 5.41) is 3.58. The number of aromatic nitrogens is 3. The third-order valence-electron chi connectivity index (χ3n) is 2.00. The van der Waals surface area contributed by atoms with E-state index >= 15 is 0 Å². The molecule has 0 saturated heterocycles. The normalized spacial score (nSPS) is 10.2. The molecule has 0 fully saturated rings. The van der Waals surface area contributed by atoms with E-state index in [0.717, 1.165) is 0 Å². The number of rotatable bonds is 1. The van der Waals surface area contributed by atoms with Crippen LogP contribution in [0.15, 0.2) is 44.5 Å². The zero-order chi connectivity index (χ0) is 12.4. The molecule has 6 nitrogen and oxygen atoms in total. The number of aromatic amines is 1. The summed E-state index contributed by atoms with van der Waals surface area (Å²) in [6.07, 6.45) is 0. The van der Waals surface area contributed by atoms with Crippen molar-refractivity contribution in [1.29, 1.82) is 0 Å². The molecule has 0 aliphatic heterocycles. The van der Waals surface area contributed by atoms with Crippen LogP contribution in [0.5, 0.6) is 0 Å². The Balaban J connectivity index is 2.56. The molecule has 1 N–H and O–H groups in total. The van der Waals surface area contributed by atoms with Crippen molar-refractivity contribution in [2.24, 2.45) is 0 Å². The van der Waals surface area contributed by atoms with Crippen LogP contribution in [-0.4, -0.2) is 20.7 Å². The summed E-state index contributed by atoms with van der Waals surface area (Å²) in [6.45, 7) is 0. The van der Waals surface area contributed by atoms with Crippen LogP contribution in [0.3, 0.4) is 0 Å². The zero-order valence-corrected chi connectivity index (χ0v) is 9.97. The van der Waals surface area contributed by atoms with Gasteiger partial charge in [-0.3, -0.25) is 14.6 Å². The highest BCUT2D eigenvalue weighted by atomic mass is 79.9. The van der Waals surface area contributed by atoms with Gasteiger partial charge < -0.3 is 0 Å². The molecule has 7 heteroatoms. The van der Waals surface area contributed by atoms with Crippen LogP contribution in [0.25, 0.3) is 0 Å². The van der Waals surface area contributed by atoms with Gasteiger partial charge >= 0.3 is 5.69 Å². The smallest absolute Gasteiger partial charge is 0.270 e. The fourth-order valence-electron chi connectivity index (χ4n) is 1.22.